The van der Waals surface area contributed by atoms with Gasteiger partial charge in [-0.15, -0.1) is 0 Å². The van der Waals surface area contributed by atoms with Gasteiger partial charge in [-0.2, -0.15) is 5.26 Å². The highest BCUT2D eigenvalue weighted by Crippen LogP contribution is 2.37. The minimum atomic E-state index is -0.106. The number of hydrogen-bond donors (Lipinski definition) is 2. The van der Waals surface area contributed by atoms with Crippen molar-refractivity contribution in [2.45, 2.75) is 5.50 Å². The van der Waals surface area contributed by atoms with Crippen LogP contribution >= 0.6 is 27.7 Å². The molecule has 0 aromatic heterocycles. The first-order valence-corrected chi connectivity index (χ1v) is 5.97. The quantitative estimate of drug-likeness (QED) is 0.828. The average molecular weight is 282 g/mol. The molecule has 3 N–H and O–H groups in total. The number of nitrogens with two attached hydrogens (primary N) is 1. The summed E-state index contributed by atoms with van der Waals surface area (Å²) < 4.78 is 1.000. The van der Waals surface area contributed by atoms with Crippen molar-refractivity contribution in [3.8, 4) is 6.07 Å². The molecule has 0 saturated carbocycles. The van der Waals surface area contributed by atoms with Gasteiger partial charge in [0, 0.05) is 0 Å². The fourth-order valence-electron chi connectivity index (χ4n) is 1.31. The predicted octanol–water partition coefficient (Wildman–Crippen LogP) is 2.16. The Morgan fingerprint density at radius 3 is 2.53 bits per heavy atom. The molecule has 0 radical (unpaired) electrons. The molecule has 2 rings (SSSR count). The Bertz CT molecular complexity index is 447. The fraction of sp³-hybridized carbons (Fsp3) is 0.100. The van der Waals surface area contributed by atoms with Crippen molar-refractivity contribution in [2.24, 2.45) is 5.73 Å². The molecule has 0 amide bonds. The minimum absolute atomic E-state index is 0.106. The molecule has 1 aromatic carbocycles. The molecule has 0 fully saturated rings. The topological polar surface area (TPSA) is 61.8 Å². The van der Waals surface area contributed by atoms with E-state index in [1.807, 2.05) is 12.1 Å². The van der Waals surface area contributed by atoms with E-state index < -0.39 is 0 Å². The summed E-state index contributed by atoms with van der Waals surface area (Å²) in [6.07, 6.45) is 0. The molecule has 76 valence electrons. The standard InChI is InChI=1S/C10H8BrN3S/c11-9-8(14-10(13)15-9)7-3-1-6(5-12)2-4-7/h1-4,10,14H,13H2. The van der Waals surface area contributed by atoms with Gasteiger partial charge in [-0.1, -0.05) is 23.9 Å². The summed E-state index contributed by atoms with van der Waals surface area (Å²) in [6.45, 7) is 0. The first kappa shape index (κ1) is 10.6. The second kappa shape index (κ2) is 4.27. The van der Waals surface area contributed by atoms with E-state index in [-0.39, 0.29) is 5.50 Å². The smallest absolute Gasteiger partial charge is 0.128 e. The fourth-order valence-corrected chi connectivity index (χ4v) is 2.95. The van der Waals surface area contributed by atoms with Crippen LogP contribution in [0.1, 0.15) is 11.1 Å². The molecule has 5 heteroatoms. The minimum Gasteiger partial charge on any atom is -0.359 e. The highest BCUT2D eigenvalue weighted by molar-refractivity contribution is 9.14. The van der Waals surface area contributed by atoms with Crippen LogP contribution in [0.15, 0.2) is 28.1 Å². The van der Waals surface area contributed by atoms with E-state index >= 15 is 0 Å². The molecular formula is C10H8BrN3S. The molecule has 1 aromatic rings. The molecule has 1 atom stereocenters. The summed E-state index contributed by atoms with van der Waals surface area (Å²) in [5.41, 5.74) is 8.30. The monoisotopic (exact) mass is 281 g/mol. The maximum atomic E-state index is 8.68. The molecule has 0 bridgehead atoms. The lowest BCUT2D eigenvalue weighted by molar-refractivity contribution is 0.853. The molecule has 1 heterocycles. The van der Waals surface area contributed by atoms with Crippen molar-refractivity contribution in [3.05, 3.63) is 39.2 Å². The molecule has 1 unspecified atom stereocenters. The summed E-state index contributed by atoms with van der Waals surface area (Å²) in [5, 5.41) is 11.8. The van der Waals surface area contributed by atoms with E-state index in [0.29, 0.717) is 5.56 Å². The number of halogens is 1. The van der Waals surface area contributed by atoms with Crippen molar-refractivity contribution in [1.29, 1.82) is 5.26 Å². The first-order valence-electron chi connectivity index (χ1n) is 4.30. The second-order valence-electron chi connectivity index (χ2n) is 3.02. The third-order valence-electron chi connectivity index (χ3n) is 2.02. The third kappa shape index (κ3) is 2.17. The van der Waals surface area contributed by atoms with Crippen LogP contribution in [-0.2, 0) is 0 Å². The van der Waals surface area contributed by atoms with Gasteiger partial charge in [0.2, 0.25) is 0 Å². The normalized spacial score (nSPS) is 19.9. The van der Waals surface area contributed by atoms with E-state index in [1.54, 1.807) is 12.1 Å². The average Bonchev–Trinajstić information content (AvgIpc) is 2.58. The Kier molecular flexibility index (Phi) is 3.00. The predicted molar refractivity (Wildman–Crippen MR) is 65.7 cm³/mol. The van der Waals surface area contributed by atoms with Gasteiger partial charge < -0.3 is 11.1 Å². The zero-order chi connectivity index (χ0) is 10.8. The number of nitrogens with one attached hydrogen (secondary N) is 1. The highest BCUT2D eigenvalue weighted by Gasteiger charge is 2.20. The van der Waals surface area contributed by atoms with Crippen molar-refractivity contribution in [2.75, 3.05) is 0 Å². The molecular weight excluding hydrogens is 274 g/mol. The molecule has 0 saturated heterocycles. The lowest BCUT2D eigenvalue weighted by Gasteiger charge is -2.06. The highest BCUT2D eigenvalue weighted by atomic mass is 79.9. The Balaban J connectivity index is 2.31. The lowest BCUT2D eigenvalue weighted by Crippen LogP contribution is -2.28. The van der Waals surface area contributed by atoms with Gasteiger partial charge in [0.25, 0.3) is 0 Å². The number of nitriles is 1. The lowest BCUT2D eigenvalue weighted by atomic mass is 10.1. The van der Waals surface area contributed by atoms with Crippen molar-refractivity contribution < 1.29 is 0 Å². The third-order valence-corrected chi connectivity index (χ3v) is 3.76. The van der Waals surface area contributed by atoms with Crippen LogP contribution in [0, 0.1) is 11.3 Å². The van der Waals surface area contributed by atoms with Gasteiger partial charge in [-0.05, 0) is 33.6 Å². The van der Waals surface area contributed by atoms with Crippen molar-refractivity contribution >= 4 is 33.4 Å². The van der Waals surface area contributed by atoms with Gasteiger partial charge in [0.05, 0.1) is 21.1 Å². The Hall–Kier alpha value is -0.960. The summed E-state index contributed by atoms with van der Waals surface area (Å²) in [7, 11) is 0. The van der Waals surface area contributed by atoms with Crippen molar-refractivity contribution in [3.63, 3.8) is 0 Å². The largest absolute Gasteiger partial charge is 0.359 e. The number of benzene rings is 1. The Morgan fingerprint density at radius 2 is 2.07 bits per heavy atom. The first-order chi connectivity index (χ1) is 7.20. The molecule has 1 aliphatic rings. The van der Waals surface area contributed by atoms with E-state index in [2.05, 4.69) is 27.3 Å². The van der Waals surface area contributed by atoms with Gasteiger partial charge in [-0.3, -0.25) is 0 Å². The van der Waals surface area contributed by atoms with Crippen LogP contribution in [-0.4, -0.2) is 5.50 Å². The number of hydrogen-bond acceptors (Lipinski definition) is 4. The van der Waals surface area contributed by atoms with Crippen LogP contribution in [0.2, 0.25) is 0 Å². The van der Waals surface area contributed by atoms with Gasteiger partial charge in [0.1, 0.15) is 5.50 Å². The molecule has 0 spiro atoms. The number of thioether (sulfide) groups is 1. The van der Waals surface area contributed by atoms with Crippen LogP contribution in [0.5, 0.6) is 0 Å². The second-order valence-corrected chi connectivity index (χ2v) is 5.49. The van der Waals surface area contributed by atoms with E-state index in [9.17, 15) is 0 Å². The van der Waals surface area contributed by atoms with Crippen LogP contribution in [0.3, 0.4) is 0 Å². The van der Waals surface area contributed by atoms with Crippen molar-refractivity contribution in [1.82, 2.24) is 5.32 Å². The summed E-state index contributed by atoms with van der Waals surface area (Å²) in [4.78, 5) is 0. The zero-order valence-electron chi connectivity index (χ0n) is 7.70. The Morgan fingerprint density at radius 1 is 1.40 bits per heavy atom. The molecule has 3 nitrogen and oxygen atoms in total. The van der Waals surface area contributed by atoms with E-state index in [1.165, 1.54) is 11.8 Å². The van der Waals surface area contributed by atoms with Crippen LogP contribution in [0.25, 0.3) is 5.70 Å². The van der Waals surface area contributed by atoms with Gasteiger partial charge >= 0.3 is 0 Å². The number of nitrogens with zero attached hydrogens (tertiary/aromatic N) is 1. The summed E-state index contributed by atoms with van der Waals surface area (Å²) >= 11 is 4.98. The maximum absolute atomic E-state index is 8.68. The molecule has 15 heavy (non-hydrogen) atoms. The van der Waals surface area contributed by atoms with Gasteiger partial charge in [0.15, 0.2) is 0 Å². The maximum Gasteiger partial charge on any atom is 0.128 e. The summed E-state index contributed by atoms with van der Waals surface area (Å²) in [5.74, 6) is 0. The van der Waals surface area contributed by atoms with E-state index in [0.717, 1.165) is 15.1 Å². The number of rotatable bonds is 1. The molecule has 1 aliphatic heterocycles. The molecule has 0 aliphatic carbocycles. The van der Waals surface area contributed by atoms with Crippen LogP contribution < -0.4 is 11.1 Å². The van der Waals surface area contributed by atoms with Gasteiger partial charge in [-0.25, -0.2) is 0 Å². The summed E-state index contributed by atoms with van der Waals surface area (Å²) in [6, 6.07) is 9.47. The Labute approximate surface area is 100 Å². The zero-order valence-corrected chi connectivity index (χ0v) is 10.1. The van der Waals surface area contributed by atoms with E-state index in [4.69, 9.17) is 11.0 Å². The SMILES string of the molecule is N#Cc1ccc(C2=C(Br)SC(N)N2)cc1. The van der Waals surface area contributed by atoms with Crippen LogP contribution in [0.4, 0.5) is 0 Å².